The second-order valence-electron chi connectivity index (χ2n) is 7.56. The molecule has 0 aromatic heterocycles. The van der Waals surface area contributed by atoms with Crippen LogP contribution in [-0.2, 0) is 14.3 Å². The Morgan fingerprint density at radius 2 is 1.90 bits per heavy atom. The van der Waals surface area contributed by atoms with E-state index in [2.05, 4.69) is 24.5 Å². The number of urea groups is 1. The van der Waals surface area contributed by atoms with Crippen LogP contribution in [0.4, 0.5) is 4.79 Å². The Kier molecular flexibility index (Phi) is 9.18. The number of methoxy groups -OCH3 is 1. The average Bonchev–Trinajstić information content (AvgIpc) is 3.22. The van der Waals surface area contributed by atoms with Crippen molar-refractivity contribution in [2.24, 2.45) is 5.92 Å². The lowest BCUT2D eigenvalue weighted by Crippen LogP contribution is -2.44. The number of rotatable bonds is 9. The summed E-state index contributed by atoms with van der Waals surface area (Å²) in [5, 5.41) is 4.88. The Bertz CT molecular complexity index is 769. The SMILES string of the molecule is COc1cc(/C=C/C(=O)OCC(=O)NC(=O)NC2CCCC2)ccc1OCC(C)C. The third kappa shape index (κ3) is 8.14. The summed E-state index contributed by atoms with van der Waals surface area (Å²) in [6.45, 7) is 4.14. The molecule has 1 aliphatic rings. The largest absolute Gasteiger partial charge is 0.493 e. The number of amides is 3. The minimum atomic E-state index is -0.694. The number of imide groups is 1. The van der Waals surface area contributed by atoms with Crippen molar-refractivity contribution in [1.29, 1.82) is 0 Å². The number of carbonyl (C=O) groups is 3. The van der Waals surface area contributed by atoms with Gasteiger partial charge in [0.25, 0.3) is 5.91 Å². The molecule has 0 atom stereocenters. The molecule has 0 unspecified atom stereocenters. The molecule has 0 heterocycles. The van der Waals surface area contributed by atoms with Crippen LogP contribution in [-0.4, -0.2) is 44.3 Å². The van der Waals surface area contributed by atoms with Gasteiger partial charge in [0, 0.05) is 12.1 Å². The van der Waals surface area contributed by atoms with E-state index in [0.717, 1.165) is 25.7 Å². The third-order valence-electron chi connectivity index (χ3n) is 4.46. The highest BCUT2D eigenvalue weighted by Crippen LogP contribution is 2.29. The summed E-state index contributed by atoms with van der Waals surface area (Å²) in [5.41, 5.74) is 0.709. The van der Waals surface area contributed by atoms with Gasteiger partial charge in [-0.3, -0.25) is 10.1 Å². The fraction of sp³-hybridized carbons (Fsp3) is 0.500. The molecule has 3 amide bonds. The standard InChI is InChI=1S/C22H30N2O6/c1-15(2)13-29-18-10-8-16(12-19(18)28-3)9-11-21(26)30-14-20(25)24-22(27)23-17-6-4-5-7-17/h8-12,15,17H,4-7,13-14H2,1-3H3,(H2,23,24,25,27)/b11-9+. The summed E-state index contributed by atoms with van der Waals surface area (Å²) >= 11 is 0. The van der Waals surface area contributed by atoms with Crippen LogP contribution in [0.1, 0.15) is 45.1 Å². The van der Waals surface area contributed by atoms with Crippen molar-refractivity contribution in [3.05, 3.63) is 29.8 Å². The zero-order chi connectivity index (χ0) is 21.9. The van der Waals surface area contributed by atoms with Crippen molar-refractivity contribution in [2.75, 3.05) is 20.3 Å². The molecule has 30 heavy (non-hydrogen) atoms. The van der Waals surface area contributed by atoms with Crippen LogP contribution in [0.25, 0.3) is 6.08 Å². The van der Waals surface area contributed by atoms with Crippen LogP contribution in [0.15, 0.2) is 24.3 Å². The van der Waals surface area contributed by atoms with Gasteiger partial charge in [-0.15, -0.1) is 0 Å². The van der Waals surface area contributed by atoms with E-state index >= 15 is 0 Å². The highest BCUT2D eigenvalue weighted by atomic mass is 16.5. The molecule has 2 N–H and O–H groups in total. The van der Waals surface area contributed by atoms with Crippen LogP contribution in [0.3, 0.4) is 0 Å². The number of ether oxygens (including phenoxy) is 3. The molecule has 0 spiro atoms. The third-order valence-corrected chi connectivity index (χ3v) is 4.46. The summed E-state index contributed by atoms with van der Waals surface area (Å²) in [4.78, 5) is 35.3. The van der Waals surface area contributed by atoms with E-state index in [0.29, 0.717) is 29.6 Å². The van der Waals surface area contributed by atoms with Crippen molar-refractivity contribution in [2.45, 2.75) is 45.6 Å². The molecule has 8 nitrogen and oxygen atoms in total. The van der Waals surface area contributed by atoms with Gasteiger partial charge in [-0.1, -0.05) is 32.8 Å². The number of hydrogen-bond donors (Lipinski definition) is 2. The van der Waals surface area contributed by atoms with Crippen LogP contribution in [0.5, 0.6) is 11.5 Å². The zero-order valence-electron chi connectivity index (χ0n) is 17.7. The molecule has 1 saturated carbocycles. The van der Waals surface area contributed by atoms with Gasteiger partial charge in [0.15, 0.2) is 18.1 Å². The molecule has 164 valence electrons. The zero-order valence-corrected chi connectivity index (χ0v) is 17.7. The van der Waals surface area contributed by atoms with E-state index in [9.17, 15) is 14.4 Å². The highest BCUT2D eigenvalue weighted by Gasteiger charge is 2.18. The second kappa shape index (κ2) is 11.8. The first kappa shape index (κ1) is 23.3. The first-order valence-corrected chi connectivity index (χ1v) is 10.1. The Balaban J connectivity index is 1.78. The summed E-state index contributed by atoms with van der Waals surface area (Å²) in [7, 11) is 1.54. The molecule has 1 aliphatic carbocycles. The lowest BCUT2D eigenvalue weighted by molar-refractivity contribution is -0.143. The molecule has 8 heteroatoms. The van der Waals surface area contributed by atoms with Crippen LogP contribution in [0.2, 0.25) is 0 Å². The van der Waals surface area contributed by atoms with Crippen LogP contribution >= 0.6 is 0 Å². The molecule has 1 aromatic rings. The van der Waals surface area contributed by atoms with Crippen molar-refractivity contribution in [3.8, 4) is 11.5 Å². The lowest BCUT2D eigenvalue weighted by Gasteiger charge is -2.12. The first-order valence-electron chi connectivity index (χ1n) is 10.1. The van der Waals surface area contributed by atoms with Gasteiger partial charge < -0.3 is 19.5 Å². The summed E-state index contributed by atoms with van der Waals surface area (Å²) in [6.07, 6.45) is 6.72. The minimum absolute atomic E-state index is 0.0995. The van der Waals surface area contributed by atoms with Crippen LogP contribution in [0, 0.1) is 5.92 Å². The topological polar surface area (TPSA) is 103 Å². The summed E-state index contributed by atoms with van der Waals surface area (Å²) in [5.74, 6) is 0.188. The van der Waals surface area contributed by atoms with Gasteiger partial charge in [-0.25, -0.2) is 9.59 Å². The number of hydrogen-bond acceptors (Lipinski definition) is 6. The molecule has 1 aromatic carbocycles. The van der Waals surface area contributed by atoms with Crippen LogP contribution < -0.4 is 20.1 Å². The Hall–Kier alpha value is -3.03. The van der Waals surface area contributed by atoms with Gasteiger partial charge >= 0.3 is 12.0 Å². The molecule has 0 radical (unpaired) electrons. The molecule has 1 fully saturated rings. The molecular formula is C22H30N2O6. The minimum Gasteiger partial charge on any atom is -0.493 e. The van der Waals surface area contributed by atoms with Crippen molar-refractivity contribution in [3.63, 3.8) is 0 Å². The van der Waals surface area contributed by atoms with Crippen molar-refractivity contribution in [1.82, 2.24) is 10.6 Å². The Morgan fingerprint density at radius 1 is 1.17 bits per heavy atom. The van der Waals surface area contributed by atoms with Gasteiger partial charge in [0.1, 0.15) is 0 Å². The number of esters is 1. The maximum absolute atomic E-state index is 11.8. The lowest BCUT2D eigenvalue weighted by atomic mass is 10.2. The van der Waals surface area contributed by atoms with E-state index in [1.165, 1.54) is 6.08 Å². The number of benzene rings is 1. The summed E-state index contributed by atoms with van der Waals surface area (Å²) in [6, 6.07) is 4.82. The second-order valence-corrected chi connectivity index (χ2v) is 7.56. The van der Waals surface area contributed by atoms with Gasteiger partial charge in [0.05, 0.1) is 13.7 Å². The quantitative estimate of drug-likeness (QED) is 0.472. The number of nitrogens with one attached hydrogen (secondary N) is 2. The van der Waals surface area contributed by atoms with E-state index in [1.807, 2.05) is 0 Å². The Labute approximate surface area is 176 Å². The van der Waals surface area contributed by atoms with Crippen molar-refractivity contribution < 1.29 is 28.6 Å². The highest BCUT2D eigenvalue weighted by molar-refractivity contribution is 5.96. The molecule has 2 rings (SSSR count). The van der Waals surface area contributed by atoms with E-state index in [1.54, 1.807) is 31.4 Å². The molecular weight excluding hydrogens is 388 g/mol. The van der Waals surface area contributed by atoms with E-state index < -0.39 is 24.5 Å². The Morgan fingerprint density at radius 3 is 2.57 bits per heavy atom. The average molecular weight is 418 g/mol. The van der Waals surface area contributed by atoms with E-state index in [-0.39, 0.29) is 6.04 Å². The monoisotopic (exact) mass is 418 g/mol. The fourth-order valence-electron chi connectivity index (χ4n) is 2.97. The normalized spacial score (nSPS) is 14.0. The van der Waals surface area contributed by atoms with E-state index in [4.69, 9.17) is 14.2 Å². The van der Waals surface area contributed by atoms with Gasteiger partial charge in [-0.2, -0.15) is 0 Å². The molecule has 0 saturated heterocycles. The maximum atomic E-state index is 11.8. The molecule has 0 aliphatic heterocycles. The number of carbonyl (C=O) groups excluding carboxylic acids is 3. The smallest absolute Gasteiger partial charge is 0.331 e. The summed E-state index contributed by atoms with van der Waals surface area (Å²) < 4.78 is 15.9. The fourth-order valence-corrected chi connectivity index (χ4v) is 2.97. The predicted molar refractivity (Wildman–Crippen MR) is 112 cm³/mol. The maximum Gasteiger partial charge on any atom is 0.331 e. The predicted octanol–water partition coefficient (Wildman–Crippen LogP) is 3.05. The van der Waals surface area contributed by atoms with Gasteiger partial charge in [-0.05, 0) is 42.5 Å². The first-order chi connectivity index (χ1) is 14.4. The molecule has 0 bridgehead atoms. The van der Waals surface area contributed by atoms with Gasteiger partial charge in [0.2, 0.25) is 0 Å². The van der Waals surface area contributed by atoms with Crippen molar-refractivity contribution >= 4 is 24.0 Å².